The molecule has 5 rings (SSSR count). The number of benzene rings is 3. The summed E-state index contributed by atoms with van der Waals surface area (Å²) in [5.41, 5.74) is 9.28. The third-order valence-corrected chi connectivity index (χ3v) is 5.50. The Morgan fingerprint density at radius 2 is 1.59 bits per heavy atom. The minimum Gasteiger partial charge on any atom is -0.508 e. The fourth-order valence-electron chi connectivity index (χ4n) is 4.02. The van der Waals surface area contributed by atoms with E-state index in [-0.39, 0.29) is 30.6 Å². The molecule has 0 spiro atoms. The third-order valence-electron chi connectivity index (χ3n) is 5.50. The maximum atomic E-state index is 10.6. The molecule has 148 valence electrons. The fraction of sp³-hybridized carbons (Fsp3) is 0.217. The average molecular weight is 390 g/mol. The molecule has 29 heavy (non-hydrogen) atoms. The van der Waals surface area contributed by atoms with Crippen LogP contribution in [0.4, 0.5) is 5.69 Å². The first-order chi connectivity index (χ1) is 14.2. The van der Waals surface area contributed by atoms with Gasteiger partial charge in [0.2, 0.25) is 6.79 Å². The molecular formula is C23H22N2O4. The zero-order valence-corrected chi connectivity index (χ0v) is 16.0. The van der Waals surface area contributed by atoms with Gasteiger partial charge in [-0.15, -0.1) is 0 Å². The highest BCUT2D eigenvalue weighted by Crippen LogP contribution is 2.50. The van der Waals surface area contributed by atoms with Gasteiger partial charge in [-0.1, -0.05) is 43.3 Å². The first-order valence-corrected chi connectivity index (χ1v) is 9.65. The maximum absolute atomic E-state index is 10.6. The first kappa shape index (κ1) is 17.7. The summed E-state index contributed by atoms with van der Waals surface area (Å²) in [5, 5.41) is 10.6. The van der Waals surface area contributed by atoms with Gasteiger partial charge in [0.05, 0.1) is 0 Å². The molecule has 2 heterocycles. The molecule has 2 aliphatic rings. The average Bonchev–Trinajstić information content (AvgIpc) is 3.20. The molecule has 0 saturated carbocycles. The summed E-state index contributed by atoms with van der Waals surface area (Å²) in [5.74, 6) is 2.30. The van der Waals surface area contributed by atoms with E-state index >= 15 is 0 Å². The minimum absolute atomic E-state index is 0.0207. The molecule has 0 aromatic heterocycles. The van der Waals surface area contributed by atoms with E-state index in [4.69, 9.17) is 14.2 Å². The highest BCUT2D eigenvalue weighted by molar-refractivity contribution is 5.57. The summed E-state index contributed by atoms with van der Waals surface area (Å²) in [7, 11) is 0. The van der Waals surface area contributed by atoms with Gasteiger partial charge in [0.25, 0.3) is 0 Å². The molecule has 3 N–H and O–H groups in total. The minimum atomic E-state index is -0.326. The number of phenolic OH excluding ortho intramolecular Hbond substituents is 1. The molecule has 2 aliphatic heterocycles. The van der Waals surface area contributed by atoms with Crippen molar-refractivity contribution in [3.8, 4) is 23.0 Å². The van der Waals surface area contributed by atoms with Crippen molar-refractivity contribution in [2.24, 2.45) is 5.92 Å². The molecule has 0 unspecified atom stereocenters. The van der Waals surface area contributed by atoms with E-state index in [1.165, 1.54) is 0 Å². The highest BCUT2D eigenvalue weighted by Gasteiger charge is 2.39. The van der Waals surface area contributed by atoms with Crippen LogP contribution in [0.1, 0.15) is 24.0 Å². The molecule has 3 atom stereocenters. The highest BCUT2D eigenvalue weighted by atomic mass is 16.7. The molecule has 0 aliphatic carbocycles. The normalized spacial score (nSPS) is 21.9. The number of nitrogens with one attached hydrogen (secondary N) is 2. The van der Waals surface area contributed by atoms with Crippen molar-refractivity contribution < 1.29 is 19.3 Å². The van der Waals surface area contributed by atoms with Crippen molar-refractivity contribution in [1.82, 2.24) is 5.43 Å². The summed E-state index contributed by atoms with van der Waals surface area (Å²) in [6.07, 6.45) is -0.326. The Morgan fingerprint density at radius 1 is 0.862 bits per heavy atom. The number of hydrogen-bond donors (Lipinski definition) is 3. The molecule has 0 bridgehead atoms. The lowest BCUT2D eigenvalue weighted by molar-refractivity contribution is 0.0858. The van der Waals surface area contributed by atoms with Crippen LogP contribution in [0, 0.1) is 5.92 Å². The number of hydrazine groups is 1. The largest absolute Gasteiger partial charge is 0.508 e. The zero-order valence-electron chi connectivity index (χ0n) is 16.0. The lowest BCUT2D eigenvalue weighted by Crippen LogP contribution is -2.47. The third kappa shape index (κ3) is 3.21. The second-order valence-corrected chi connectivity index (χ2v) is 7.31. The number of aromatic hydroxyl groups is 1. The van der Waals surface area contributed by atoms with E-state index < -0.39 is 0 Å². The van der Waals surface area contributed by atoms with Crippen molar-refractivity contribution in [3.05, 3.63) is 77.9 Å². The number of para-hydroxylation sites is 2. The van der Waals surface area contributed by atoms with E-state index in [0.717, 1.165) is 16.8 Å². The van der Waals surface area contributed by atoms with Gasteiger partial charge in [-0.05, 0) is 24.3 Å². The van der Waals surface area contributed by atoms with Gasteiger partial charge in [-0.25, -0.2) is 0 Å². The van der Waals surface area contributed by atoms with Crippen LogP contribution in [-0.4, -0.2) is 18.1 Å². The lowest BCUT2D eigenvalue weighted by atomic mass is 9.78. The Hall–Kier alpha value is -3.38. The molecule has 3 aromatic carbocycles. The Kier molecular flexibility index (Phi) is 4.41. The second kappa shape index (κ2) is 7.22. The maximum Gasteiger partial charge on any atom is 0.231 e. The summed E-state index contributed by atoms with van der Waals surface area (Å²) in [6, 6.07) is 21.1. The first-order valence-electron chi connectivity index (χ1n) is 9.65. The van der Waals surface area contributed by atoms with Crippen LogP contribution in [0.5, 0.6) is 23.0 Å². The predicted octanol–water partition coefficient (Wildman–Crippen LogP) is 4.22. The summed E-state index contributed by atoms with van der Waals surface area (Å²) < 4.78 is 17.4. The van der Waals surface area contributed by atoms with Crippen LogP contribution < -0.4 is 25.1 Å². The van der Waals surface area contributed by atoms with Crippen LogP contribution in [-0.2, 0) is 0 Å². The number of ether oxygens (including phenoxy) is 3. The van der Waals surface area contributed by atoms with Gasteiger partial charge in [0.1, 0.15) is 11.5 Å². The summed E-state index contributed by atoms with van der Waals surface area (Å²) in [4.78, 5) is 0. The smallest absolute Gasteiger partial charge is 0.231 e. The lowest BCUT2D eigenvalue weighted by Gasteiger charge is -2.38. The van der Waals surface area contributed by atoms with E-state index in [1.807, 2.05) is 60.7 Å². The van der Waals surface area contributed by atoms with Crippen LogP contribution >= 0.6 is 0 Å². The van der Waals surface area contributed by atoms with Crippen molar-refractivity contribution in [2.45, 2.75) is 19.1 Å². The van der Waals surface area contributed by atoms with Crippen molar-refractivity contribution in [2.75, 3.05) is 12.2 Å². The van der Waals surface area contributed by atoms with Crippen molar-refractivity contribution >= 4 is 5.69 Å². The van der Waals surface area contributed by atoms with E-state index in [9.17, 15) is 5.11 Å². The van der Waals surface area contributed by atoms with Gasteiger partial charge < -0.3 is 24.7 Å². The Labute approximate surface area is 169 Å². The Morgan fingerprint density at radius 3 is 2.38 bits per heavy atom. The molecular weight excluding hydrogens is 368 g/mol. The van der Waals surface area contributed by atoms with E-state index in [1.54, 1.807) is 6.07 Å². The van der Waals surface area contributed by atoms with Gasteiger partial charge in [0, 0.05) is 34.7 Å². The summed E-state index contributed by atoms with van der Waals surface area (Å²) in [6.45, 7) is 2.31. The van der Waals surface area contributed by atoms with Crippen LogP contribution in [0.15, 0.2) is 66.7 Å². The van der Waals surface area contributed by atoms with Gasteiger partial charge in [-0.2, -0.15) is 5.43 Å². The molecule has 0 saturated heterocycles. The monoisotopic (exact) mass is 390 g/mol. The SMILES string of the molecule is C[C@@H]1[C@@H](c2ccccc2O)c2cc3c(cc2O[C@@H]1NNc1ccccc1)OCO3. The molecule has 3 aromatic rings. The van der Waals surface area contributed by atoms with E-state index in [2.05, 4.69) is 17.8 Å². The van der Waals surface area contributed by atoms with Gasteiger partial charge in [-0.3, -0.25) is 0 Å². The predicted molar refractivity (Wildman–Crippen MR) is 109 cm³/mol. The quantitative estimate of drug-likeness (QED) is 0.579. The number of anilines is 1. The molecule has 0 radical (unpaired) electrons. The molecule has 0 fully saturated rings. The standard InChI is InChI=1S/C23H22N2O4/c1-14-22(16-9-5-6-10-18(16)26)17-11-20-21(28-13-27-20)12-19(17)29-23(14)25-24-15-7-3-2-4-8-15/h2-12,14,22-26H,13H2,1H3/t14-,22+,23+/m1/s1. The zero-order chi connectivity index (χ0) is 19.8. The number of hydrogen-bond acceptors (Lipinski definition) is 6. The summed E-state index contributed by atoms with van der Waals surface area (Å²) >= 11 is 0. The molecule has 6 nitrogen and oxygen atoms in total. The number of rotatable bonds is 4. The Bertz CT molecular complexity index is 1020. The topological polar surface area (TPSA) is 72.0 Å². The fourth-order valence-corrected chi connectivity index (χ4v) is 4.02. The van der Waals surface area contributed by atoms with E-state index in [0.29, 0.717) is 17.2 Å². The number of fused-ring (bicyclic) bond motifs is 2. The van der Waals surface area contributed by atoms with Crippen molar-refractivity contribution in [3.63, 3.8) is 0 Å². The number of phenols is 1. The van der Waals surface area contributed by atoms with Gasteiger partial charge >= 0.3 is 0 Å². The van der Waals surface area contributed by atoms with Crippen molar-refractivity contribution in [1.29, 1.82) is 0 Å². The van der Waals surface area contributed by atoms with Crippen LogP contribution in [0.25, 0.3) is 0 Å². The Balaban J connectivity index is 1.53. The molecule has 0 amide bonds. The molecule has 6 heteroatoms. The van der Waals surface area contributed by atoms with Gasteiger partial charge in [0.15, 0.2) is 17.7 Å². The second-order valence-electron chi connectivity index (χ2n) is 7.31. The van der Waals surface area contributed by atoms with Crippen LogP contribution in [0.3, 0.4) is 0 Å². The van der Waals surface area contributed by atoms with Crippen LogP contribution in [0.2, 0.25) is 0 Å².